The summed E-state index contributed by atoms with van der Waals surface area (Å²) in [6.07, 6.45) is 8.27. The van der Waals surface area contributed by atoms with Gasteiger partial charge in [-0.25, -0.2) is 0 Å². The zero-order valence-electron chi connectivity index (χ0n) is 13.6. The number of aryl methyl sites for hydroxylation is 1. The molecular weight excluding hydrogens is 278 g/mol. The van der Waals surface area contributed by atoms with Gasteiger partial charge in [0.25, 0.3) is 0 Å². The molecule has 0 aromatic carbocycles. The summed E-state index contributed by atoms with van der Waals surface area (Å²) in [7, 11) is 3.80. The molecule has 122 valence electrons. The number of nitrogens with zero attached hydrogens (tertiary/aromatic N) is 4. The molecular formula is C16H27N5O. The lowest BCUT2D eigenvalue weighted by atomic mass is 10.0. The Bertz CT molecular complexity index is 526. The first-order valence-corrected chi connectivity index (χ1v) is 8.29. The molecule has 1 aromatic rings. The number of aromatic nitrogens is 2. The monoisotopic (exact) mass is 305 g/mol. The van der Waals surface area contributed by atoms with Crippen molar-refractivity contribution in [3.8, 4) is 0 Å². The third kappa shape index (κ3) is 3.27. The molecule has 1 aliphatic heterocycles. The second kappa shape index (κ2) is 6.69. The van der Waals surface area contributed by atoms with Crippen LogP contribution in [0, 0.1) is 5.92 Å². The molecule has 3 unspecified atom stereocenters. The topological polar surface area (TPSA) is 65.7 Å². The van der Waals surface area contributed by atoms with Crippen molar-refractivity contribution in [2.75, 3.05) is 26.7 Å². The van der Waals surface area contributed by atoms with E-state index in [1.54, 1.807) is 0 Å². The molecule has 0 spiro atoms. The minimum Gasteiger partial charge on any atom is -0.393 e. The summed E-state index contributed by atoms with van der Waals surface area (Å²) in [4.78, 5) is 6.74. The van der Waals surface area contributed by atoms with Gasteiger partial charge in [-0.1, -0.05) is 6.42 Å². The van der Waals surface area contributed by atoms with Gasteiger partial charge in [0.2, 0.25) is 0 Å². The van der Waals surface area contributed by atoms with Gasteiger partial charge in [0, 0.05) is 51.8 Å². The summed E-state index contributed by atoms with van der Waals surface area (Å²) in [5.74, 6) is 1.86. The number of likely N-dealkylation sites (tertiary alicyclic amines) is 1. The van der Waals surface area contributed by atoms with Crippen molar-refractivity contribution in [2.45, 2.75) is 37.7 Å². The van der Waals surface area contributed by atoms with Gasteiger partial charge in [-0.2, -0.15) is 5.10 Å². The Kier molecular flexibility index (Phi) is 4.66. The second-order valence-corrected chi connectivity index (χ2v) is 6.57. The predicted molar refractivity (Wildman–Crippen MR) is 86.8 cm³/mol. The summed E-state index contributed by atoms with van der Waals surface area (Å²) in [6, 6.07) is 0. The van der Waals surface area contributed by atoms with Crippen molar-refractivity contribution in [1.82, 2.24) is 20.0 Å². The lowest BCUT2D eigenvalue weighted by molar-refractivity contribution is 0.134. The number of rotatable bonds is 3. The van der Waals surface area contributed by atoms with Crippen LogP contribution in [0.4, 0.5) is 0 Å². The zero-order chi connectivity index (χ0) is 15.5. The minimum atomic E-state index is -0.146. The number of hydrogen-bond donors (Lipinski definition) is 2. The highest BCUT2D eigenvalue weighted by Crippen LogP contribution is 2.27. The van der Waals surface area contributed by atoms with Gasteiger partial charge in [-0.3, -0.25) is 9.67 Å². The van der Waals surface area contributed by atoms with E-state index in [9.17, 15) is 5.11 Å². The Morgan fingerprint density at radius 1 is 1.45 bits per heavy atom. The van der Waals surface area contributed by atoms with Crippen LogP contribution in [0.2, 0.25) is 0 Å². The summed E-state index contributed by atoms with van der Waals surface area (Å²) < 4.78 is 1.87. The molecule has 0 amide bonds. The van der Waals surface area contributed by atoms with Crippen LogP contribution in [0.3, 0.4) is 0 Å². The number of aliphatic hydroxyl groups is 1. The van der Waals surface area contributed by atoms with Crippen molar-refractivity contribution < 1.29 is 5.11 Å². The van der Waals surface area contributed by atoms with Gasteiger partial charge in [-0.15, -0.1) is 0 Å². The molecule has 1 saturated heterocycles. The van der Waals surface area contributed by atoms with Gasteiger partial charge in [0.1, 0.15) is 0 Å². The molecule has 6 nitrogen and oxygen atoms in total. The Balaban J connectivity index is 1.54. The Labute approximate surface area is 132 Å². The van der Waals surface area contributed by atoms with Crippen LogP contribution < -0.4 is 5.32 Å². The smallest absolute Gasteiger partial charge is 0.193 e. The van der Waals surface area contributed by atoms with E-state index in [-0.39, 0.29) is 6.10 Å². The number of nitrogens with one attached hydrogen (secondary N) is 1. The highest BCUT2D eigenvalue weighted by atomic mass is 16.3. The summed E-state index contributed by atoms with van der Waals surface area (Å²) in [5, 5.41) is 17.7. The predicted octanol–water partition coefficient (Wildman–Crippen LogP) is 0.946. The van der Waals surface area contributed by atoms with E-state index in [1.165, 1.54) is 5.56 Å². The zero-order valence-corrected chi connectivity index (χ0v) is 13.6. The number of aliphatic imine (C=N–C) groups is 1. The second-order valence-electron chi connectivity index (χ2n) is 6.57. The molecule has 1 saturated carbocycles. The average Bonchev–Trinajstić information content (AvgIpc) is 3.22. The Morgan fingerprint density at radius 2 is 2.32 bits per heavy atom. The van der Waals surface area contributed by atoms with E-state index in [0.717, 1.165) is 51.3 Å². The van der Waals surface area contributed by atoms with E-state index < -0.39 is 0 Å². The third-order valence-electron chi connectivity index (χ3n) is 5.04. The fraction of sp³-hybridized carbons (Fsp3) is 0.750. The van der Waals surface area contributed by atoms with E-state index >= 15 is 0 Å². The van der Waals surface area contributed by atoms with Crippen molar-refractivity contribution in [1.29, 1.82) is 0 Å². The van der Waals surface area contributed by atoms with Crippen molar-refractivity contribution >= 4 is 5.96 Å². The molecule has 2 fully saturated rings. The molecule has 0 bridgehead atoms. The molecule has 6 heteroatoms. The number of hydrogen-bond acceptors (Lipinski definition) is 3. The maximum absolute atomic E-state index is 9.93. The summed E-state index contributed by atoms with van der Waals surface area (Å²) in [6.45, 7) is 2.83. The highest BCUT2D eigenvalue weighted by Gasteiger charge is 2.29. The van der Waals surface area contributed by atoms with E-state index in [2.05, 4.69) is 26.5 Å². The standard InChI is InChI=1S/C16H27N5O/c1-17-16(18-8-12-4-3-5-15(12)22)21-7-6-13(11-21)14-9-19-20(2)10-14/h9-10,12-13,15,22H,3-8,11H2,1-2H3,(H,17,18). The molecule has 0 radical (unpaired) electrons. The van der Waals surface area contributed by atoms with Crippen LogP contribution in [0.15, 0.2) is 17.4 Å². The lowest BCUT2D eigenvalue weighted by Crippen LogP contribution is -2.42. The highest BCUT2D eigenvalue weighted by molar-refractivity contribution is 5.80. The SMILES string of the molecule is CN=C(NCC1CCCC1O)N1CCC(c2cnn(C)c2)C1. The first-order chi connectivity index (χ1) is 10.7. The van der Waals surface area contributed by atoms with Crippen LogP contribution in [0.5, 0.6) is 0 Å². The van der Waals surface area contributed by atoms with Gasteiger partial charge in [-0.05, 0) is 24.8 Å². The van der Waals surface area contributed by atoms with Crippen LogP contribution in [0.25, 0.3) is 0 Å². The van der Waals surface area contributed by atoms with E-state index in [4.69, 9.17) is 0 Å². The van der Waals surface area contributed by atoms with Gasteiger partial charge >= 0.3 is 0 Å². The summed E-state index contributed by atoms with van der Waals surface area (Å²) in [5.41, 5.74) is 1.31. The first-order valence-electron chi connectivity index (χ1n) is 8.29. The van der Waals surface area contributed by atoms with Crippen molar-refractivity contribution in [3.63, 3.8) is 0 Å². The number of aliphatic hydroxyl groups excluding tert-OH is 1. The summed E-state index contributed by atoms with van der Waals surface area (Å²) >= 11 is 0. The number of guanidine groups is 1. The van der Waals surface area contributed by atoms with Crippen molar-refractivity contribution in [2.24, 2.45) is 18.0 Å². The normalized spacial score (nSPS) is 29.3. The first kappa shape index (κ1) is 15.3. The van der Waals surface area contributed by atoms with Gasteiger partial charge in [0.15, 0.2) is 5.96 Å². The Hall–Kier alpha value is -1.56. The Morgan fingerprint density at radius 3 is 2.95 bits per heavy atom. The average molecular weight is 305 g/mol. The van der Waals surface area contributed by atoms with Crippen LogP contribution in [0.1, 0.15) is 37.2 Å². The maximum Gasteiger partial charge on any atom is 0.193 e. The van der Waals surface area contributed by atoms with Crippen LogP contribution in [-0.2, 0) is 7.05 Å². The molecule has 3 atom stereocenters. The van der Waals surface area contributed by atoms with Gasteiger partial charge < -0.3 is 15.3 Å². The molecule has 1 aliphatic carbocycles. The fourth-order valence-electron chi connectivity index (χ4n) is 3.69. The van der Waals surface area contributed by atoms with E-state index in [1.807, 2.05) is 25.0 Å². The molecule has 2 aliphatic rings. The molecule has 2 N–H and O–H groups in total. The molecule has 22 heavy (non-hydrogen) atoms. The maximum atomic E-state index is 9.93. The van der Waals surface area contributed by atoms with E-state index in [0.29, 0.717) is 11.8 Å². The molecule has 3 rings (SSSR count). The van der Waals surface area contributed by atoms with Gasteiger partial charge in [0.05, 0.1) is 12.3 Å². The third-order valence-corrected chi connectivity index (χ3v) is 5.04. The van der Waals surface area contributed by atoms with Crippen molar-refractivity contribution in [3.05, 3.63) is 18.0 Å². The molecule has 2 heterocycles. The minimum absolute atomic E-state index is 0.146. The van der Waals surface area contributed by atoms with Crippen LogP contribution in [-0.4, -0.2) is 58.5 Å². The molecule has 1 aromatic heterocycles. The lowest BCUT2D eigenvalue weighted by Gasteiger charge is -2.24. The fourth-order valence-corrected chi connectivity index (χ4v) is 3.69. The quantitative estimate of drug-likeness (QED) is 0.644. The van der Waals surface area contributed by atoms with Crippen LogP contribution >= 0.6 is 0 Å². The largest absolute Gasteiger partial charge is 0.393 e.